The average Bonchev–Trinajstić information content (AvgIpc) is 3.19. The lowest BCUT2D eigenvalue weighted by Gasteiger charge is -2.30. The highest BCUT2D eigenvalue weighted by atomic mass is 79.9. The van der Waals surface area contributed by atoms with Crippen molar-refractivity contribution in [3.05, 3.63) is 11.4 Å². The number of hydrogen-bond acceptors (Lipinski definition) is 4. The van der Waals surface area contributed by atoms with Crippen molar-refractivity contribution in [2.24, 2.45) is 11.8 Å². The number of nitrogens with zero attached hydrogens (tertiary/aromatic N) is 1. The maximum atomic E-state index is 7.96. The zero-order valence-electron chi connectivity index (χ0n) is 17.8. The minimum absolute atomic E-state index is 0.00957. The summed E-state index contributed by atoms with van der Waals surface area (Å²) < 4.78 is 46.9. The molecular weight excluding hydrogens is 405 g/mol. The molecule has 2 saturated heterocycles. The Labute approximate surface area is 166 Å². The number of hydrogen-bond donors (Lipinski definition) is 0. The van der Waals surface area contributed by atoms with Crippen molar-refractivity contribution in [3.63, 3.8) is 0 Å². The molecule has 2 rings (SSSR count). The average molecular weight is 441 g/mol. The summed E-state index contributed by atoms with van der Waals surface area (Å²) in [4.78, 5) is 3.35. The lowest BCUT2D eigenvalue weighted by molar-refractivity contribution is 0.0435. The fourth-order valence-electron chi connectivity index (χ4n) is 3.14. The zero-order valence-corrected chi connectivity index (χ0v) is 17.3. The first-order valence-electron chi connectivity index (χ1n) is 10.8. The molecule has 0 amide bonds. The van der Waals surface area contributed by atoms with Crippen molar-refractivity contribution in [3.8, 4) is 0 Å². The van der Waals surface area contributed by atoms with E-state index in [1.165, 1.54) is 0 Å². The second-order valence-electron chi connectivity index (χ2n) is 6.52. The molecule has 7 heteroatoms. The molecule has 1 unspecified atom stereocenters. The van der Waals surface area contributed by atoms with Gasteiger partial charge in [-0.1, -0.05) is 22.9 Å². The standard InChI is InChI=1S/C18H31BrNO4P/c1-14-6-10-22-18(14)16(5-4-8-19)13-25(23-12-9-20-3)24-17-7-11-21-15(17)2/h14-18H,4-13H2,1-2H3/t14-,15+,16-,17-,18-,25?/m0/s1/i2D,10T,11T/t10-,11-,14+,15-,16+,17+,18+,25?/m1. The molecule has 0 aromatic rings. The molecular formula is C18H31BrNO4P. The predicted molar refractivity (Wildman–Crippen MR) is 104 cm³/mol. The van der Waals surface area contributed by atoms with Crippen LogP contribution in [0.5, 0.6) is 0 Å². The van der Waals surface area contributed by atoms with Gasteiger partial charge in [-0.25, -0.2) is 6.57 Å². The highest BCUT2D eigenvalue weighted by Crippen LogP contribution is 2.46. The Morgan fingerprint density at radius 2 is 2.32 bits per heavy atom. The van der Waals surface area contributed by atoms with E-state index in [4.69, 9.17) is 29.2 Å². The molecule has 2 aliphatic rings. The first-order valence-corrected chi connectivity index (χ1v) is 11.4. The van der Waals surface area contributed by atoms with E-state index in [-0.39, 0.29) is 31.6 Å². The van der Waals surface area contributed by atoms with Gasteiger partial charge in [0.05, 0.1) is 21.1 Å². The maximum absolute atomic E-state index is 7.96. The first-order chi connectivity index (χ1) is 13.5. The molecule has 0 spiro atoms. The van der Waals surface area contributed by atoms with Crippen LogP contribution in [0, 0.1) is 18.4 Å². The van der Waals surface area contributed by atoms with Crippen molar-refractivity contribution >= 4 is 24.3 Å². The Hall–Kier alpha value is 0.240. The van der Waals surface area contributed by atoms with Gasteiger partial charge in [-0.2, -0.15) is 0 Å². The number of alkyl halides is 1. The van der Waals surface area contributed by atoms with E-state index in [2.05, 4.69) is 27.7 Å². The molecule has 8 atom stereocenters. The van der Waals surface area contributed by atoms with Crippen LogP contribution in [0.2, 0.25) is 0 Å². The molecule has 0 bridgehead atoms. The first kappa shape index (κ1) is 17.3. The van der Waals surface area contributed by atoms with Crippen LogP contribution < -0.4 is 0 Å². The second kappa shape index (κ2) is 11.8. The Bertz CT molecular complexity index is 504. The van der Waals surface area contributed by atoms with Crippen LogP contribution >= 0.6 is 24.3 Å². The normalized spacial score (nSPS) is 39.3. The van der Waals surface area contributed by atoms with E-state index in [1.54, 1.807) is 0 Å². The summed E-state index contributed by atoms with van der Waals surface area (Å²) >= 11 is 3.50. The summed E-state index contributed by atoms with van der Waals surface area (Å²) in [6.45, 7) is 8.62. The molecule has 0 aromatic heterocycles. The van der Waals surface area contributed by atoms with Gasteiger partial charge >= 0.3 is 0 Å². The molecule has 2 fully saturated rings. The van der Waals surface area contributed by atoms with Gasteiger partial charge < -0.3 is 23.4 Å². The van der Waals surface area contributed by atoms with E-state index >= 15 is 0 Å². The van der Waals surface area contributed by atoms with Gasteiger partial charge in [-0.15, -0.1) is 0 Å². The van der Waals surface area contributed by atoms with Gasteiger partial charge in [0.15, 0.2) is 8.38 Å². The van der Waals surface area contributed by atoms with Crippen LogP contribution in [-0.4, -0.2) is 56.1 Å². The van der Waals surface area contributed by atoms with Crippen molar-refractivity contribution < 1.29 is 22.6 Å². The molecule has 5 nitrogen and oxygen atoms in total. The summed E-state index contributed by atoms with van der Waals surface area (Å²) in [6.07, 6.45) is 3.09. The van der Waals surface area contributed by atoms with Crippen molar-refractivity contribution in [1.82, 2.24) is 0 Å². The van der Waals surface area contributed by atoms with E-state index in [0.29, 0.717) is 25.1 Å². The molecule has 25 heavy (non-hydrogen) atoms. The summed E-state index contributed by atoms with van der Waals surface area (Å²) in [7, 11) is -1.29. The molecule has 0 N–H and O–H groups in total. The van der Waals surface area contributed by atoms with Gasteiger partial charge in [0, 0.05) is 26.0 Å². The number of halogens is 1. The Balaban J connectivity index is 2.05. The van der Waals surface area contributed by atoms with Gasteiger partial charge in [0.2, 0.25) is 6.54 Å². The van der Waals surface area contributed by atoms with Gasteiger partial charge in [0.1, 0.15) is 6.61 Å². The fourth-order valence-corrected chi connectivity index (χ4v) is 5.30. The summed E-state index contributed by atoms with van der Waals surface area (Å²) in [5, 5.41) is 0.907. The minimum atomic E-state index is -1.29. The van der Waals surface area contributed by atoms with Crippen LogP contribution in [0.15, 0.2) is 0 Å². The second-order valence-corrected chi connectivity index (χ2v) is 8.82. The molecule has 0 saturated carbocycles. The summed E-state index contributed by atoms with van der Waals surface area (Å²) in [5.41, 5.74) is 0. The quantitative estimate of drug-likeness (QED) is 0.203. The molecule has 2 aliphatic heterocycles. The molecule has 2 heterocycles. The van der Waals surface area contributed by atoms with Crippen molar-refractivity contribution in [1.29, 1.82) is 0 Å². The van der Waals surface area contributed by atoms with Crippen molar-refractivity contribution in [2.45, 2.75) is 57.8 Å². The third-order valence-electron chi connectivity index (χ3n) is 4.54. The monoisotopic (exact) mass is 440 g/mol. The molecule has 0 radical (unpaired) electrons. The van der Waals surface area contributed by atoms with Gasteiger partial charge in [0.25, 0.3) is 0 Å². The number of rotatable bonds is 11. The Kier molecular flexibility index (Phi) is 8.22. The van der Waals surface area contributed by atoms with Crippen LogP contribution in [0.25, 0.3) is 4.85 Å². The largest absolute Gasteiger partial charge is 0.378 e. The van der Waals surface area contributed by atoms with E-state index in [0.717, 1.165) is 24.6 Å². The van der Waals surface area contributed by atoms with Crippen molar-refractivity contribution in [2.75, 3.05) is 37.8 Å². The minimum Gasteiger partial charge on any atom is -0.378 e. The van der Waals surface area contributed by atoms with Gasteiger partial charge in [-0.3, -0.25) is 0 Å². The van der Waals surface area contributed by atoms with Crippen LogP contribution in [-0.2, 0) is 18.5 Å². The Morgan fingerprint density at radius 3 is 3.00 bits per heavy atom. The lowest BCUT2D eigenvalue weighted by atomic mass is 9.90. The molecule has 0 aliphatic carbocycles. The SMILES string of the molecule is [2H]C[C@H]1O[C@H]([3H])C[C@@H]1OP(C[C@H](CCCBr)[C@H]1O[C@H]([3H])C[C@@H]1C)OCC[N+]#[C-]. The smallest absolute Gasteiger partial charge is 0.238 e. The summed E-state index contributed by atoms with van der Waals surface area (Å²) in [5.74, 6) is 0.530. The van der Waals surface area contributed by atoms with Crippen LogP contribution in [0.4, 0.5) is 0 Å². The van der Waals surface area contributed by atoms with E-state index in [1.807, 2.05) is 0 Å². The molecule has 144 valence electrons. The highest BCUT2D eigenvalue weighted by molar-refractivity contribution is 9.09. The van der Waals surface area contributed by atoms with Crippen LogP contribution in [0.3, 0.4) is 0 Å². The third-order valence-corrected chi connectivity index (χ3v) is 6.85. The van der Waals surface area contributed by atoms with E-state index in [9.17, 15) is 0 Å². The lowest BCUT2D eigenvalue weighted by Crippen LogP contribution is -2.29. The van der Waals surface area contributed by atoms with Crippen LogP contribution in [0.1, 0.15) is 43.6 Å². The zero-order chi connectivity index (χ0) is 20.5. The highest BCUT2D eigenvalue weighted by Gasteiger charge is 2.36. The van der Waals surface area contributed by atoms with E-state index < -0.39 is 27.6 Å². The predicted octanol–water partition coefficient (Wildman–Crippen LogP) is 4.64. The molecule has 0 aromatic carbocycles. The fraction of sp³-hybridized carbons (Fsp3) is 0.944. The summed E-state index contributed by atoms with van der Waals surface area (Å²) in [6, 6.07) is 0. The third kappa shape index (κ3) is 7.05. The number of ether oxygens (including phenoxy) is 2. The Morgan fingerprint density at radius 1 is 1.48 bits per heavy atom. The topological polar surface area (TPSA) is 41.3 Å². The van der Waals surface area contributed by atoms with Gasteiger partial charge in [-0.05, 0) is 44.4 Å². The maximum Gasteiger partial charge on any atom is 0.238 e.